The van der Waals surface area contributed by atoms with Crippen molar-refractivity contribution < 1.29 is 14.6 Å². The van der Waals surface area contributed by atoms with Crippen molar-refractivity contribution in [1.82, 2.24) is 9.80 Å². The molecule has 20 heavy (non-hydrogen) atoms. The molecule has 1 aliphatic heterocycles. The molecule has 0 spiro atoms. The second-order valence-electron chi connectivity index (χ2n) is 5.03. The number of aliphatic hydroxyl groups excluding tert-OH is 1. The number of carbonyl (C=O) groups excluding carboxylic acids is 1. The van der Waals surface area contributed by atoms with E-state index < -0.39 is 0 Å². The van der Waals surface area contributed by atoms with Crippen molar-refractivity contribution in [3.8, 4) is 0 Å². The van der Waals surface area contributed by atoms with Gasteiger partial charge in [0, 0.05) is 39.3 Å². The molecule has 5 nitrogen and oxygen atoms in total. The first-order valence-corrected chi connectivity index (χ1v) is 6.96. The molecule has 1 N–H and O–H groups in total. The van der Waals surface area contributed by atoms with Gasteiger partial charge in [-0.15, -0.1) is 0 Å². The molecule has 0 aliphatic carbocycles. The van der Waals surface area contributed by atoms with Crippen LogP contribution in [0.25, 0.3) is 0 Å². The van der Waals surface area contributed by atoms with E-state index in [1.165, 1.54) is 7.11 Å². The molecule has 0 amide bonds. The van der Waals surface area contributed by atoms with Gasteiger partial charge in [0.15, 0.2) is 0 Å². The van der Waals surface area contributed by atoms with Crippen LogP contribution in [-0.4, -0.2) is 67.3 Å². The highest BCUT2D eigenvalue weighted by Gasteiger charge is 2.16. The Morgan fingerprint density at radius 3 is 2.60 bits per heavy atom. The first kappa shape index (κ1) is 15.0. The smallest absolute Gasteiger partial charge is 0.337 e. The third kappa shape index (κ3) is 4.03. The van der Waals surface area contributed by atoms with E-state index in [4.69, 9.17) is 9.84 Å². The lowest BCUT2D eigenvalue weighted by molar-refractivity contribution is 0.0600. The zero-order valence-electron chi connectivity index (χ0n) is 11.9. The lowest BCUT2D eigenvalue weighted by atomic mass is 10.1. The van der Waals surface area contributed by atoms with E-state index in [0.29, 0.717) is 5.56 Å². The van der Waals surface area contributed by atoms with Gasteiger partial charge in [-0.05, 0) is 17.7 Å². The van der Waals surface area contributed by atoms with Crippen molar-refractivity contribution in [2.75, 3.05) is 46.4 Å². The van der Waals surface area contributed by atoms with Crippen LogP contribution < -0.4 is 0 Å². The monoisotopic (exact) mass is 278 g/mol. The van der Waals surface area contributed by atoms with Crippen molar-refractivity contribution in [2.45, 2.75) is 6.54 Å². The molecule has 1 aromatic rings. The third-order valence-electron chi connectivity index (χ3n) is 3.64. The van der Waals surface area contributed by atoms with E-state index in [9.17, 15) is 4.79 Å². The van der Waals surface area contributed by atoms with Crippen molar-refractivity contribution in [3.05, 3.63) is 35.4 Å². The topological polar surface area (TPSA) is 53.0 Å². The molecule has 110 valence electrons. The highest BCUT2D eigenvalue weighted by Crippen LogP contribution is 2.11. The summed E-state index contributed by atoms with van der Waals surface area (Å²) in [4.78, 5) is 16.1. The largest absolute Gasteiger partial charge is 0.465 e. The number of piperazine rings is 1. The fraction of sp³-hybridized carbons (Fsp3) is 0.533. The molecule has 0 saturated carbocycles. The number of nitrogens with zero attached hydrogens (tertiary/aromatic N) is 2. The van der Waals surface area contributed by atoms with Crippen LogP contribution in [0.3, 0.4) is 0 Å². The van der Waals surface area contributed by atoms with Gasteiger partial charge in [-0.2, -0.15) is 0 Å². The Hall–Kier alpha value is -1.43. The second kappa shape index (κ2) is 7.38. The van der Waals surface area contributed by atoms with Crippen LogP contribution in [-0.2, 0) is 11.3 Å². The Balaban J connectivity index is 1.89. The Bertz CT molecular complexity index is 442. The molecule has 0 radical (unpaired) electrons. The maximum Gasteiger partial charge on any atom is 0.337 e. The minimum atomic E-state index is -0.292. The van der Waals surface area contributed by atoms with Crippen LogP contribution in [0.5, 0.6) is 0 Å². The Labute approximate surface area is 119 Å². The first-order chi connectivity index (χ1) is 9.72. The number of hydrogen-bond donors (Lipinski definition) is 1. The Morgan fingerprint density at radius 1 is 1.25 bits per heavy atom. The van der Waals surface area contributed by atoms with Gasteiger partial charge in [-0.25, -0.2) is 4.79 Å². The van der Waals surface area contributed by atoms with Gasteiger partial charge >= 0.3 is 5.97 Å². The summed E-state index contributed by atoms with van der Waals surface area (Å²) in [5.41, 5.74) is 1.73. The van der Waals surface area contributed by atoms with E-state index in [1.54, 1.807) is 6.07 Å². The van der Waals surface area contributed by atoms with E-state index in [2.05, 4.69) is 9.80 Å². The quantitative estimate of drug-likeness (QED) is 0.799. The normalized spacial score (nSPS) is 17.1. The number of aliphatic hydroxyl groups is 1. The molecular formula is C15H22N2O3. The summed E-state index contributed by atoms with van der Waals surface area (Å²) in [5, 5.41) is 8.93. The molecule has 0 aromatic heterocycles. The molecule has 1 saturated heterocycles. The van der Waals surface area contributed by atoms with E-state index >= 15 is 0 Å². The fourth-order valence-electron chi connectivity index (χ4n) is 2.49. The minimum absolute atomic E-state index is 0.223. The second-order valence-corrected chi connectivity index (χ2v) is 5.03. The Morgan fingerprint density at radius 2 is 1.95 bits per heavy atom. The first-order valence-electron chi connectivity index (χ1n) is 6.96. The van der Waals surface area contributed by atoms with E-state index in [1.807, 2.05) is 18.2 Å². The number of hydrogen-bond acceptors (Lipinski definition) is 5. The van der Waals surface area contributed by atoms with Gasteiger partial charge < -0.3 is 9.84 Å². The highest BCUT2D eigenvalue weighted by molar-refractivity contribution is 5.89. The number of carbonyl (C=O) groups is 1. The summed E-state index contributed by atoms with van der Waals surface area (Å²) in [6.45, 7) is 5.77. The van der Waals surface area contributed by atoms with E-state index in [-0.39, 0.29) is 12.6 Å². The number of benzene rings is 1. The average Bonchev–Trinajstić information content (AvgIpc) is 2.49. The maximum absolute atomic E-state index is 11.5. The molecule has 1 aromatic carbocycles. The highest BCUT2D eigenvalue weighted by atomic mass is 16.5. The van der Waals surface area contributed by atoms with Gasteiger partial charge in [0.25, 0.3) is 0 Å². The van der Waals surface area contributed by atoms with Gasteiger partial charge in [0.05, 0.1) is 19.3 Å². The zero-order chi connectivity index (χ0) is 14.4. The van der Waals surface area contributed by atoms with Crippen LogP contribution in [0.1, 0.15) is 15.9 Å². The minimum Gasteiger partial charge on any atom is -0.465 e. The van der Waals surface area contributed by atoms with Crippen molar-refractivity contribution >= 4 is 5.97 Å². The van der Waals surface area contributed by atoms with Gasteiger partial charge in [0.2, 0.25) is 0 Å². The number of rotatable bonds is 5. The Kier molecular flexibility index (Phi) is 5.52. The molecule has 2 rings (SSSR count). The molecule has 0 unspecified atom stereocenters. The van der Waals surface area contributed by atoms with Crippen molar-refractivity contribution in [2.24, 2.45) is 0 Å². The third-order valence-corrected chi connectivity index (χ3v) is 3.64. The molecular weight excluding hydrogens is 256 g/mol. The summed E-state index contributed by atoms with van der Waals surface area (Å²) < 4.78 is 4.74. The van der Waals surface area contributed by atoms with Crippen LogP contribution in [0, 0.1) is 0 Å². The molecule has 1 fully saturated rings. The molecule has 1 heterocycles. The molecule has 0 atom stereocenters. The fourth-order valence-corrected chi connectivity index (χ4v) is 2.49. The van der Waals surface area contributed by atoms with E-state index in [0.717, 1.165) is 44.8 Å². The lowest BCUT2D eigenvalue weighted by Crippen LogP contribution is -2.46. The number of ether oxygens (including phenoxy) is 1. The summed E-state index contributed by atoms with van der Waals surface area (Å²) >= 11 is 0. The SMILES string of the molecule is COC(=O)c1cccc(CN2CCN(CCO)CC2)c1. The number of methoxy groups -OCH3 is 1. The maximum atomic E-state index is 11.5. The van der Waals surface area contributed by atoms with Crippen molar-refractivity contribution in [1.29, 1.82) is 0 Å². The van der Waals surface area contributed by atoms with Gasteiger partial charge in [0.1, 0.15) is 0 Å². The summed E-state index contributed by atoms with van der Waals surface area (Å²) in [5.74, 6) is -0.292. The van der Waals surface area contributed by atoms with Crippen LogP contribution in [0.2, 0.25) is 0 Å². The average molecular weight is 278 g/mol. The predicted octanol–water partition coefficient (Wildman–Crippen LogP) is 0.583. The zero-order valence-corrected chi connectivity index (χ0v) is 11.9. The van der Waals surface area contributed by atoms with Crippen LogP contribution >= 0.6 is 0 Å². The molecule has 5 heteroatoms. The number of β-amino-alcohol motifs (C(OH)–C–C–N with tert-alkyl or cyclic N) is 1. The summed E-state index contributed by atoms with van der Waals surface area (Å²) in [6.07, 6.45) is 0. The predicted molar refractivity (Wildman–Crippen MR) is 76.6 cm³/mol. The van der Waals surface area contributed by atoms with Gasteiger partial charge in [-0.3, -0.25) is 9.80 Å². The lowest BCUT2D eigenvalue weighted by Gasteiger charge is -2.34. The number of esters is 1. The van der Waals surface area contributed by atoms with Crippen LogP contribution in [0.4, 0.5) is 0 Å². The molecule has 0 bridgehead atoms. The standard InChI is InChI=1S/C15H22N2O3/c1-20-15(19)14-4-2-3-13(11-14)12-17-7-5-16(6-8-17)9-10-18/h2-4,11,18H,5-10,12H2,1H3. The van der Waals surface area contributed by atoms with Gasteiger partial charge in [-0.1, -0.05) is 12.1 Å². The van der Waals surface area contributed by atoms with Crippen molar-refractivity contribution in [3.63, 3.8) is 0 Å². The summed E-state index contributed by atoms with van der Waals surface area (Å²) in [6, 6.07) is 7.59. The molecule has 1 aliphatic rings. The summed E-state index contributed by atoms with van der Waals surface area (Å²) in [7, 11) is 1.40. The van der Waals surface area contributed by atoms with Crippen LogP contribution in [0.15, 0.2) is 24.3 Å².